The van der Waals surface area contributed by atoms with Gasteiger partial charge in [0.05, 0.1) is 12.3 Å². The monoisotopic (exact) mass is 316 g/mol. The molecule has 1 unspecified atom stereocenters. The molecule has 1 aromatic carbocycles. The SMILES string of the molecule is CS(=O)(=O)CCC1CN(c2cccc(Cl)c2)C(=O)CN1. The van der Waals surface area contributed by atoms with Crippen LogP contribution >= 0.6 is 11.6 Å². The number of carbonyl (C=O) groups excluding carboxylic acids is 1. The van der Waals surface area contributed by atoms with E-state index in [1.54, 1.807) is 23.1 Å². The number of benzene rings is 1. The van der Waals surface area contributed by atoms with Gasteiger partial charge >= 0.3 is 0 Å². The molecule has 1 fully saturated rings. The fraction of sp³-hybridized carbons (Fsp3) is 0.462. The smallest absolute Gasteiger partial charge is 0.240 e. The van der Waals surface area contributed by atoms with Crippen LogP contribution in [0.3, 0.4) is 0 Å². The van der Waals surface area contributed by atoms with Crippen molar-refractivity contribution in [2.24, 2.45) is 0 Å². The highest BCUT2D eigenvalue weighted by Crippen LogP contribution is 2.21. The Morgan fingerprint density at radius 1 is 1.45 bits per heavy atom. The van der Waals surface area contributed by atoms with Gasteiger partial charge in [-0.2, -0.15) is 0 Å². The lowest BCUT2D eigenvalue weighted by atomic mass is 10.1. The van der Waals surface area contributed by atoms with Crippen molar-refractivity contribution in [3.05, 3.63) is 29.3 Å². The van der Waals surface area contributed by atoms with Gasteiger partial charge in [-0.15, -0.1) is 0 Å². The fourth-order valence-corrected chi connectivity index (χ4v) is 3.05. The molecule has 0 aliphatic carbocycles. The van der Waals surface area contributed by atoms with Crippen molar-refractivity contribution in [3.8, 4) is 0 Å². The first kappa shape index (κ1) is 15.3. The van der Waals surface area contributed by atoms with E-state index >= 15 is 0 Å². The van der Waals surface area contributed by atoms with Crippen LogP contribution in [0.5, 0.6) is 0 Å². The zero-order valence-electron chi connectivity index (χ0n) is 11.2. The average Bonchev–Trinajstić information content (AvgIpc) is 2.37. The van der Waals surface area contributed by atoms with E-state index in [4.69, 9.17) is 11.6 Å². The lowest BCUT2D eigenvalue weighted by Crippen LogP contribution is -2.54. The van der Waals surface area contributed by atoms with Crippen molar-refractivity contribution in [1.82, 2.24) is 5.32 Å². The standard InChI is InChI=1S/C13H17ClN2O3S/c1-20(18,19)6-5-11-9-16(13(17)8-15-11)12-4-2-3-10(14)7-12/h2-4,7,11,15H,5-6,8-9H2,1H3. The summed E-state index contributed by atoms with van der Waals surface area (Å²) < 4.78 is 22.4. The summed E-state index contributed by atoms with van der Waals surface area (Å²) in [6.45, 7) is 0.662. The molecule has 0 bridgehead atoms. The summed E-state index contributed by atoms with van der Waals surface area (Å²) in [6, 6.07) is 7.07. The van der Waals surface area contributed by atoms with Crippen LogP contribution in [0.1, 0.15) is 6.42 Å². The molecule has 5 nitrogen and oxygen atoms in total. The molecule has 1 aliphatic heterocycles. The fourth-order valence-electron chi connectivity index (χ4n) is 2.16. The van der Waals surface area contributed by atoms with Gasteiger partial charge in [0, 0.05) is 29.6 Å². The molecule has 0 radical (unpaired) electrons. The van der Waals surface area contributed by atoms with Gasteiger partial charge in [-0.25, -0.2) is 8.42 Å². The number of anilines is 1. The van der Waals surface area contributed by atoms with Crippen LogP contribution in [0.25, 0.3) is 0 Å². The van der Waals surface area contributed by atoms with Gasteiger partial charge in [0.25, 0.3) is 0 Å². The normalized spacial score (nSPS) is 20.2. The Morgan fingerprint density at radius 3 is 2.85 bits per heavy atom. The molecule has 0 aromatic heterocycles. The van der Waals surface area contributed by atoms with E-state index in [9.17, 15) is 13.2 Å². The number of nitrogens with one attached hydrogen (secondary N) is 1. The lowest BCUT2D eigenvalue weighted by Gasteiger charge is -2.33. The second kappa shape index (κ2) is 6.11. The predicted octanol–water partition coefficient (Wildman–Crippen LogP) is 1.08. The molecule has 1 amide bonds. The van der Waals surface area contributed by atoms with Crippen LogP contribution in [0.4, 0.5) is 5.69 Å². The van der Waals surface area contributed by atoms with Crippen LogP contribution in [0, 0.1) is 0 Å². The second-order valence-electron chi connectivity index (χ2n) is 4.98. The third-order valence-corrected chi connectivity index (χ3v) is 4.42. The number of carbonyl (C=O) groups is 1. The quantitative estimate of drug-likeness (QED) is 0.902. The molecular weight excluding hydrogens is 300 g/mol. The van der Waals surface area contributed by atoms with Crippen LogP contribution in [0.15, 0.2) is 24.3 Å². The molecule has 1 aromatic rings. The van der Waals surface area contributed by atoms with Gasteiger partial charge in [-0.05, 0) is 24.6 Å². The molecule has 110 valence electrons. The molecule has 7 heteroatoms. The Balaban J connectivity index is 2.07. The Labute approximate surface area is 123 Å². The largest absolute Gasteiger partial charge is 0.310 e. The molecule has 1 N–H and O–H groups in total. The molecular formula is C13H17ClN2O3S. The minimum atomic E-state index is -2.99. The number of hydrogen-bond acceptors (Lipinski definition) is 4. The highest BCUT2D eigenvalue weighted by molar-refractivity contribution is 7.90. The molecule has 1 heterocycles. The van der Waals surface area contributed by atoms with E-state index in [-0.39, 0.29) is 24.2 Å². The molecule has 0 spiro atoms. The summed E-state index contributed by atoms with van der Waals surface area (Å²) >= 11 is 5.94. The van der Waals surface area contributed by atoms with Gasteiger partial charge in [0.2, 0.25) is 5.91 Å². The topological polar surface area (TPSA) is 66.5 Å². The number of amides is 1. The van der Waals surface area contributed by atoms with Gasteiger partial charge in [-0.1, -0.05) is 17.7 Å². The molecule has 1 atom stereocenters. The van der Waals surface area contributed by atoms with Crippen molar-refractivity contribution in [3.63, 3.8) is 0 Å². The minimum absolute atomic E-state index is 0.0265. The number of rotatable bonds is 4. The van der Waals surface area contributed by atoms with Gasteiger partial charge < -0.3 is 10.2 Å². The van der Waals surface area contributed by atoms with E-state index in [1.807, 2.05) is 6.07 Å². The number of nitrogens with zero attached hydrogens (tertiary/aromatic N) is 1. The summed E-state index contributed by atoms with van der Waals surface area (Å²) in [4.78, 5) is 13.6. The maximum absolute atomic E-state index is 12.0. The van der Waals surface area contributed by atoms with E-state index in [2.05, 4.69) is 5.32 Å². The van der Waals surface area contributed by atoms with Crippen molar-refractivity contribution in [1.29, 1.82) is 0 Å². The Kier molecular flexibility index (Phi) is 4.67. The predicted molar refractivity (Wildman–Crippen MR) is 79.9 cm³/mol. The van der Waals surface area contributed by atoms with Crippen LogP contribution in [0.2, 0.25) is 5.02 Å². The van der Waals surface area contributed by atoms with Crippen LogP contribution in [-0.2, 0) is 14.6 Å². The van der Waals surface area contributed by atoms with E-state index in [0.717, 1.165) is 5.69 Å². The first-order valence-corrected chi connectivity index (χ1v) is 8.76. The first-order chi connectivity index (χ1) is 9.35. The number of piperazine rings is 1. The number of sulfone groups is 1. The third kappa shape index (κ3) is 4.19. The van der Waals surface area contributed by atoms with Crippen molar-refractivity contribution in [2.45, 2.75) is 12.5 Å². The summed E-state index contributed by atoms with van der Waals surface area (Å²) in [5.74, 6) is 0.0743. The highest BCUT2D eigenvalue weighted by atomic mass is 35.5. The highest BCUT2D eigenvalue weighted by Gasteiger charge is 2.26. The van der Waals surface area contributed by atoms with E-state index in [0.29, 0.717) is 18.0 Å². The summed E-state index contributed by atoms with van der Waals surface area (Å²) in [7, 11) is -2.99. The second-order valence-corrected chi connectivity index (χ2v) is 7.68. The maximum Gasteiger partial charge on any atom is 0.240 e. The molecule has 1 aliphatic rings. The molecule has 20 heavy (non-hydrogen) atoms. The van der Waals surface area contributed by atoms with Gasteiger partial charge in [0.1, 0.15) is 9.84 Å². The summed E-state index contributed by atoms with van der Waals surface area (Å²) in [6.07, 6.45) is 1.71. The minimum Gasteiger partial charge on any atom is -0.310 e. The van der Waals surface area contributed by atoms with Gasteiger partial charge in [0.15, 0.2) is 0 Å². The Bertz CT molecular complexity index is 603. The Hall–Kier alpha value is -1.11. The van der Waals surface area contributed by atoms with E-state index in [1.165, 1.54) is 6.26 Å². The average molecular weight is 317 g/mol. The first-order valence-electron chi connectivity index (χ1n) is 6.32. The van der Waals surface area contributed by atoms with Crippen molar-refractivity contribution < 1.29 is 13.2 Å². The number of hydrogen-bond donors (Lipinski definition) is 1. The van der Waals surface area contributed by atoms with Crippen molar-refractivity contribution in [2.75, 3.05) is 30.0 Å². The molecule has 1 saturated heterocycles. The van der Waals surface area contributed by atoms with Crippen LogP contribution < -0.4 is 10.2 Å². The van der Waals surface area contributed by atoms with Crippen molar-refractivity contribution >= 4 is 33.0 Å². The third-order valence-electron chi connectivity index (χ3n) is 3.20. The lowest BCUT2D eigenvalue weighted by molar-refractivity contribution is -0.119. The molecule has 2 rings (SSSR count). The maximum atomic E-state index is 12.0. The summed E-state index contributed by atoms with van der Waals surface area (Å²) in [5.41, 5.74) is 0.744. The Morgan fingerprint density at radius 2 is 2.20 bits per heavy atom. The summed E-state index contributed by atoms with van der Waals surface area (Å²) in [5, 5.41) is 3.64. The molecule has 0 saturated carbocycles. The van der Waals surface area contributed by atoms with Gasteiger partial charge in [-0.3, -0.25) is 4.79 Å². The zero-order valence-corrected chi connectivity index (χ0v) is 12.7. The zero-order chi connectivity index (χ0) is 14.8. The van der Waals surface area contributed by atoms with E-state index < -0.39 is 9.84 Å². The number of halogens is 1. The van der Waals surface area contributed by atoms with Crippen LogP contribution in [-0.4, -0.2) is 45.5 Å².